The standard InChI is InChI=1S/C28H34N2O4/c1-3-33-27(31)22-28(2,20-23-10-5-4-6-11-23)21-24-13-15-25(16-14-24)34-19-9-17-29-26-12-7-8-18-30(26)32/h4-8,10-16,18,32H,3,9,17,19-22H2,1-2H3. The molecule has 1 N–H and O–H groups in total. The van der Waals surface area contributed by atoms with Crippen molar-refractivity contribution in [1.82, 2.24) is 4.73 Å². The number of benzene rings is 2. The number of pyridine rings is 1. The Kier molecular flexibility index (Phi) is 9.32. The van der Waals surface area contributed by atoms with Gasteiger partial charge in [0.25, 0.3) is 0 Å². The van der Waals surface area contributed by atoms with Crippen LogP contribution in [-0.4, -0.2) is 35.7 Å². The molecule has 1 unspecified atom stereocenters. The summed E-state index contributed by atoms with van der Waals surface area (Å²) in [7, 11) is 0. The molecule has 0 saturated heterocycles. The maximum absolute atomic E-state index is 12.3. The Labute approximate surface area is 201 Å². The third-order valence-electron chi connectivity index (χ3n) is 5.57. The van der Waals surface area contributed by atoms with E-state index in [0.717, 1.165) is 35.3 Å². The fourth-order valence-corrected chi connectivity index (χ4v) is 4.03. The van der Waals surface area contributed by atoms with Crippen LogP contribution in [0.15, 0.2) is 84.0 Å². The van der Waals surface area contributed by atoms with Gasteiger partial charge in [-0.05, 0) is 60.6 Å². The minimum absolute atomic E-state index is 0.159. The van der Waals surface area contributed by atoms with Gasteiger partial charge in [0.05, 0.1) is 19.6 Å². The van der Waals surface area contributed by atoms with Crippen LogP contribution in [0.25, 0.3) is 0 Å². The van der Waals surface area contributed by atoms with E-state index in [2.05, 4.69) is 36.2 Å². The molecule has 1 heterocycles. The van der Waals surface area contributed by atoms with E-state index in [9.17, 15) is 10.0 Å². The molecule has 0 aliphatic rings. The van der Waals surface area contributed by atoms with Crippen LogP contribution < -0.4 is 10.2 Å². The minimum atomic E-state index is -0.251. The summed E-state index contributed by atoms with van der Waals surface area (Å²) in [6, 6.07) is 23.7. The minimum Gasteiger partial charge on any atom is -0.494 e. The van der Waals surface area contributed by atoms with E-state index in [1.165, 1.54) is 5.56 Å². The lowest BCUT2D eigenvalue weighted by atomic mass is 9.76. The lowest BCUT2D eigenvalue weighted by Gasteiger charge is -2.29. The van der Waals surface area contributed by atoms with Crippen LogP contribution in [0.3, 0.4) is 0 Å². The van der Waals surface area contributed by atoms with Crippen molar-refractivity contribution in [3.8, 4) is 5.75 Å². The highest BCUT2D eigenvalue weighted by Gasteiger charge is 2.29. The lowest BCUT2D eigenvalue weighted by molar-refractivity contribution is -0.145. The zero-order valence-corrected chi connectivity index (χ0v) is 20.0. The van der Waals surface area contributed by atoms with Crippen molar-refractivity contribution in [3.63, 3.8) is 0 Å². The van der Waals surface area contributed by atoms with Crippen LogP contribution >= 0.6 is 0 Å². The monoisotopic (exact) mass is 462 g/mol. The van der Waals surface area contributed by atoms with Crippen LogP contribution in [-0.2, 0) is 22.4 Å². The Morgan fingerprint density at radius 1 is 0.971 bits per heavy atom. The summed E-state index contributed by atoms with van der Waals surface area (Å²) in [5.41, 5.74) is 2.63. The highest BCUT2D eigenvalue weighted by Crippen LogP contribution is 2.32. The van der Waals surface area contributed by atoms with Gasteiger partial charge in [0, 0.05) is 19.2 Å². The summed E-state index contributed by atoms with van der Waals surface area (Å²) >= 11 is 0. The fraction of sp³-hybridized carbons (Fsp3) is 0.357. The Morgan fingerprint density at radius 2 is 1.65 bits per heavy atom. The first kappa shape index (κ1) is 25.1. The van der Waals surface area contributed by atoms with Gasteiger partial charge < -0.3 is 14.7 Å². The molecule has 3 aromatic rings. The van der Waals surface area contributed by atoms with Crippen molar-refractivity contribution in [1.29, 1.82) is 0 Å². The zero-order chi connectivity index (χ0) is 24.2. The summed E-state index contributed by atoms with van der Waals surface area (Å²) in [4.78, 5) is 16.7. The van der Waals surface area contributed by atoms with Crippen molar-refractivity contribution in [3.05, 3.63) is 95.6 Å². The number of nitrogens with zero attached hydrogens (tertiary/aromatic N) is 2. The predicted octanol–water partition coefficient (Wildman–Crippen LogP) is 4.84. The van der Waals surface area contributed by atoms with Gasteiger partial charge in [0.1, 0.15) is 5.75 Å². The third-order valence-corrected chi connectivity index (χ3v) is 5.57. The summed E-state index contributed by atoms with van der Waals surface area (Å²) < 4.78 is 12.1. The topological polar surface area (TPSA) is 73.0 Å². The summed E-state index contributed by atoms with van der Waals surface area (Å²) in [5.74, 6) is 0.643. The molecule has 0 aliphatic heterocycles. The molecule has 0 radical (unpaired) electrons. The van der Waals surface area contributed by atoms with E-state index >= 15 is 0 Å². The van der Waals surface area contributed by atoms with Gasteiger partial charge in [0.2, 0.25) is 0 Å². The van der Waals surface area contributed by atoms with Gasteiger partial charge in [-0.2, -0.15) is 4.73 Å². The molecule has 1 aromatic heterocycles. The second-order valence-electron chi connectivity index (χ2n) is 8.76. The predicted molar refractivity (Wildman–Crippen MR) is 132 cm³/mol. The second kappa shape index (κ2) is 12.6. The SMILES string of the molecule is CCOC(=O)CC(C)(Cc1ccccc1)Cc1ccc(OCCCN=c2ccccn2O)cc1. The number of ether oxygens (including phenoxy) is 2. The first-order valence-electron chi connectivity index (χ1n) is 11.8. The zero-order valence-electron chi connectivity index (χ0n) is 20.0. The molecule has 0 aliphatic carbocycles. The number of carbonyl (C=O) groups is 1. The molecule has 3 rings (SSSR count). The van der Waals surface area contributed by atoms with E-state index in [-0.39, 0.29) is 11.4 Å². The van der Waals surface area contributed by atoms with Crippen LogP contribution in [0.5, 0.6) is 5.75 Å². The van der Waals surface area contributed by atoms with E-state index in [0.29, 0.717) is 31.7 Å². The van der Waals surface area contributed by atoms with Crippen molar-refractivity contribution < 1.29 is 19.5 Å². The number of carbonyl (C=O) groups excluding carboxylic acids is 1. The van der Waals surface area contributed by atoms with E-state index in [1.54, 1.807) is 18.3 Å². The van der Waals surface area contributed by atoms with Gasteiger partial charge >= 0.3 is 5.97 Å². The summed E-state index contributed by atoms with van der Waals surface area (Å²) in [6.07, 6.45) is 4.22. The maximum Gasteiger partial charge on any atom is 0.306 e. The lowest BCUT2D eigenvalue weighted by Crippen LogP contribution is -2.27. The Morgan fingerprint density at radius 3 is 2.32 bits per heavy atom. The van der Waals surface area contributed by atoms with Gasteiger partial charge in [-0.1, -0.05) is 55.5 Å². The molecular formula is C28H34N2O4. The first-order chi connectivity index (χ1) is 16.5. The Hall–Kier alpha value is -3.54. The van der Waals surface area contributed by atoms with Crippen LogP contribution in [0.2, 0.25) is 0 Å². The number of hydrogen-bond acceptors (Lipinski definition) is 5. The first-order valence-corrected chi connectivity index (χ1v) is 11.8. The molecule has 1 atom stereocenters. The molecule has 0 bridgehead atoms. The Balaban J connectivity index is 1.56. The summed E-state index contributed by atoms with van der Waals surface area (Å²) in [5, 5.41) is 9.68. The number of hydrogen-bond donors (Lipinski definition) is 1. The van der Waals surface area contributed by atoms with E-state index < -0.39 is 0 Å². The molecule has 0 amide bonds. The normalized spacial score (nSPS) is 13.3. The average molecular weight is 463 g/mol. The third kappa shape index (κ3) is 8.10. The molecule has 2 aromatic carbocycles. The molecule has 0 saturated carbocycles. The second-order valence-corrected chi connectivity index (χ2v) is 8.76. The number of aromatic nitrogens is 1. The van der Waals surface area contributed by atoms with Gasteiger partial charge in [-0.3, -0.25) is 9.79 Å². The quantitative estimate of drug-likeness (QED) is 0.237. The van der Waals surface area contributed by atoms with E-state index in [1.807, 2.05) is 43.3 Å². The van der Waals surface area contributed by atoms with E-state index in [4.69, 9.17) is 9.47 Å². The van der Waals surface area contributed by atoms with Crippen molar-refractivity contribution >= 4 is 5.97 Å². The van der Waals surface area contributed by atoms with Gasteiger partial charge in [-0.15, -0.1) is 0 Å². The molecule has 34 heavy (non-hydrogen) atoms. The van der Waals surface area contributed by atoms with Crippen LogP contribution in [0.4, 0.5) is 0 Å². The Bertz CT molecular complexity index is 1090. The molecule has 6 heteroatoms. The molecular weight excluding hydrogens is 428 g/mol. The number of esters is 1. The van der Waals surface area contributed by atoms with Crippen LogP contribution in [0.1, 0.15) is 37.8 Å². The fourth-order valence-electron chi connectivity index (χ4n) is 4.03. The van der Waals surface area contributed by atoms with Crippen molar-refractivity contribution in [2.24, 2.45) is 10.4 Å². The maximum atomic E-state index is 12.3. The number of rotatable bonds is 12. The van der Waals surface area contributed by atoms with Crippen molar-refractivity contribution in [2.75, 3.05) is 19.8 Å². The molecule has 6 nitrogen and oxygen atoms in total. The smallest absolute Gasteiger partial charge is 0.306 e. The average Bonchev–Trinajstić information content (AvgIpc) is 2.81. The van der Waals surface area contributed by atoms with Crippen LogP contribution in [0, 0.1) is 5.41 Å². The molecule has 180 valence electrons. The van der Waals surface area contributed by atoms with Crippen molar-refractivity contribution in [2.45, 2.75) is 39.5 Å². The highest BCUT2D eigenvalue weighted by molar-refractivity contribution is 5.70. The highest BCUT2D eigenvalue weighted by atomic mass is 16.5. The molecule has 0 spiro atoms. The van der Waals surface area contributed by atoms with Gasteiger partial charge in [0.15, 0.2) is 5.49 Å². The largest absolute Gasteiger partial charge is 0.494 e. The molecule has 0 fully saturated rings. The van der Waals surface area contributed by atoms with Gasteiger partial charge in [-0.25, -0.2) is 0 Å². The summed E-state index contributed by atoms with van der Waals surface area (Å²) in [6.45, 7) is 5.48.